The molecule has 0 bridgehead atoms. The van der Waals surface area contributed by atoms with Gasteiger partial charge < -0.3 is 14.5 Å². The highest BCUT2D eigenvalue weighted by Crippen LogP contribution is 2.34. The van der Waals surface area contributed by atoms with Gasteiger partial charge in [0.25, 0.3) is 5.91 Å². The number of amides is 1. The van der Waals surface area contributed by atoms with E-state index in [0.717, 1.165) is 0 Å². The summed E-state index contributed by atoms with van der Waals surface area (Å²) in [6, 6.07) is 12.2. The van der Waals surface area contributed by atoms with Crippen LogP contribution in [0.25, 0.3) is 28.2 Å². The van der Waals surface area contributed by atoms with Crippen molar-refractivity contribution < 1.29 is 27.2 Å². The predicted molar refractivity (Wildman–Crippen MR) is 137 cm³/mol. The standard InChI is InChI=1S/C25H23ClN4O6S/c1-3-35-23(32)19-13-36-24(27-19)30-20-12-15(22(31)28-25(2)10-11-37(33,34)14-25)8-9-17(20)21(29-30)16-6-4-5-7-18(16)26/h4-9,12-13H,3,10-11,14H2,1-2H3,(H,28,31). The van der Waals surface area contributed by atoms with Crippen LogP contribution in [0.5, 0.6) is 0 Å². The number of carbonyl (C=O) groups is 2. The summed E-state index contributed by atoms with van der Waals surface area (Å²) in [6.45, 7) is 3.59. The lowest BCUT2D eigenvalue weighted by Gasteiger charge is -2.23. The average molecular weight is 543 g/mol. The zero-order valence-corrected chi connectivity index (χ0v) is 21.6. The molecule has 1 fully saturated rings. The third kappa shape index (κ3) is 4.84. The predicted octanol–water partition coefficient (Wildman–Crippen LogP) is 3.82. The fourth-order valence-corrected chi connectivity index (χ4v) is 6.69. The van der Waals surface area contributed by atoms with Gasteiger partial charge in [-0.2, -0.15) is 14.8 Å². The second-order valence-electron chi connectivity index (χ2n) is 9.06. The zero-order chi connectivity index (χ0) is 26.4. The van der Waals surface area contributed by atoms with E-state index in [4.69, 9.17) is 20.8 Å². The molecule has 0 aliphatic carbocycles. The Morgan fingerprint density at radius 3 is 2.73 bits per heavy atom. The van der Waals surface area contributed by atoms with Crippen LogP contribution in [0.3, 0.4) is 0 Å². The van der Waals surface area contributed by atoms with Crippen LogP contribution in [0.1, 0.15) is 41.1 Å². The third-order valence-corrected chi connectivity index (χ3v) is 8.38. The van der Waals surface area contributed by atoms with E-state index in [0.29, 0.717) is 39.2 Å². The van der Waals surface area contributed by atoms with Crippen LogP contribution in [-0.4, -0.2) is 58.7 Å². The maximum atomic E-state index is 13.1. The second-order valence-corrected chi connectivity index (χ2v) is 11.7. The molecule has 192 valence electrons. The summed E-state index contributed by atoms with van der Waals surface area (Å²) >= 11 is 6.45. The van der Waals surface area contributed by atoms with Crippen molar-refractivity contribution in [3.63, 3.8) is 0 Å². The zero-order valence-electron chi connectivity index (χ0n) is 20.0. The summed E-state index contributed by atoms with van der Waals surface area (Å²) in [5.74, 6) is -1.15. The van der Waals surface area contributed by atoms with E-state index in [2.05, 4.69) is 15.4 Å². The molecular weight excluding hydrogens is 520 g/mol. The highest BCUT2D eigenvalue weighted by Gasteiger charge is 2.39. The molecule has 1 aliphatic rings. The Bertz CT molecular complexity index is 1640. The summed E-state index contributed by atoms with van der Waals surface area (Å²) < 4.78 is 35.9. The van der Waals surface area contributed by atoms with Gasteiger partial charge in [-0.3, -0.25) is 4.79 Å². The third-order valence-electron chi connectivity index (χ3n) is 6.15. The number of sulfone groups is 1. The largest absolute Gasteiger partial charge is 0.461 e. The number of benzene rings is 2. The molecule has 1 atom stereocenters. The van der Waals surface area contributed by atoms with Gasteiger partial charge in [-0.15, -0.1) is 0 Å². The maximum Gasteiger partial charge on any atom is 0.360 e. The van der Waals surface area contributed by atoms with E-state index >= 15 is 0 Å². The van der Waals surface area contributed by atoms with Gasteiger partial charge in [-0.25, -0.2) is 13.2 Å². The topological polar surface area (TPSA) is 133 Å². The fourth-order valence-electron chi connectivity index (χ4n) is 4.37. The molecule has 5 rings (SSSR count). The Kier molecular flexibility index (Phi) is 6.28. The van der Waals surface area contributed by atoms with Gasteiger partial charge in [-0.05, 0) is 44.5 Å². The Morgan fingerprint density at radius 1 is 1.24 bits per heavy atom. The molecule has 1 aliphatic heterocycles. The number of aromatic nitrogens is 3. The summed E-state index contributed by atoms with van der Waals surface area (Å²) in [4.78, 5) is 29.5. The number of rotatable bonds is 6. The maximum absolute atomic E-state index is 13.1. The highest BCUT2D eigenvalue weighted by molar-refractivity contribution is 7.91. The summed E-state index contributed by atoms with van der Waals surface area (Å²) in [5.41, 5.74) is 1.07. The van der Waals surface area contributed by atoms with Gasteiger partial charge in [-0.1, -0.05) is 29.8 Å². The highest BCUT2D eigenvalue weighted by atomic mass is 35.5. The molecule has 0 saturated carbocycles. The minimum atomic E-state index is -3.20. The lowest BCUT2D eigenvalue weighted by Crippen LogP contribution is -2.46. The van der Waals surface area contributed by atoms with E-state index in [1.54, 1.807) is 44.2 Å². The van der Waals surface area contributed by atoms with Gasteiger partial charge >= 0.3 is 12.0 Å². The molecule has 0 spiro atoms. The monoisotopic (exact) mass is 542 g/mol. The number of carbonyl (C=O) groups excluding carboxylic acids is 2. The number of fused-ring (bicyclic) bond motifs is 1. The number of halogens is 1. The molecule has 2 aromatic carbocycles. The fraction of sp³-hybridized carbons (Fsp3) is 0.280. The molecular formula is C25H23ClN4O6S. The molecule has 0 radical (unpaired) electrons. The smallest absolute Gasteiger partial charge is 0.360 e. The van der Waals surface area contributed by atoms with E-state index < -0.39 is 27.3 Å². The first-order valence-corrected chi connectivity index (χ1v) is 13.7. The van der Waals surface area contributed by atoms with Crippen molar-refractivity contribution in [2.24, 2.45) is 0 Å². The van der Waals surface area contributed by atoms with Crippen LogP contribution in [0.15, 0.2) is 53.1 Å². The van der Waals surface area contributed by atoms with Crippen molar-refractivity contribution in [2.75, 3.05) is 18.1 Å². The van der Waals surface area contributed by atoms with Crippen molar-refractivity contribution in [3.8, 4) is 17.3 Å². The Labute approximate surface area is 217 Å². The number of nitrogens with one attached hydrogen (secondary N) is 1. The Balaban J connectivity index is 1.60. The van der Waals surface area contributed by atoms with Gasteiger partial charge in [0.1, 0.15) is 12.0 Å². The number of hydrogen-bond acceptors (Lipinski definition) is 8. The summed E-state index contributed by atoms with van der Waals surface area (Å²) in [7, 11) is -3.20. The summed E-state index contributed by atoms with van der Waals surface area (Å²) in [6.07, 6.45) is 1.51. The molecule has 4 aromatic rings. The first-order chi connectivity index (χ1) is 17.6. The second kappa shape index (κ2) is 9.31. The van der Waals surface area contributed by atoms with Crippen LogP contribution in [0, 0.1) is 0 Å². The number of oxazole rings is 1. The number of ether oxygens (including phenoxy) is 1. The van der Waals surface area contributed by atoms with E-state index in [9.17, 15) is 18.0 Å². The van der Waals surface area contributed by atoms with E-state index in [1.807, 2.05) is 12.1 Å². The first-order valence-electron chi connectivity index (χ1n) is 11.5. The molecule has 37 heavy (non-hydrogen) atoms. The molecule has 12 heteroatoms. The molecule has 3 heterocycles. The Morgan fingerprint density at radius 2 is 2.03 bits per heavy atom. The first kappa shape index (κ1) is 25.0. The van der Waals surface area contributed by atoms with Gasteiger partial charge in [0.05, 0.1) is 34.2 Å². The molecule has 2 aromatic heterocycles. The van der Waals surface area contributed by atoms with Crippen molar-refractivity contribution in [1.82, 2.24) is 20.1 Å². The average Bonchev–Trinajstić information content (AvgIpc) is 3.54. The van der Waals surface area contributed by atoms with Gasteiger partial charge in [0, 0.05) is 16.5 Å². The van der Waals surface area contributed by atoms with Crippen molar-refractivity contribution in [1.29, 1.82) is 0 Å². The van der Waals surface area contributed by atoms with Crippen LogP contribution >= 0.6 is 11.6 Å². The van der Waals surface area contributed by atoms with Crippen LogP contribution in [0.4, 0.5) is 0 Å². The minimum absolute atomic E-state index is 0.00207. The SMILES string of the molecule is CCOC(=O)c1coc(-n2nc(-c3ccccc3Cl)c3ccc(C(=O)NC4(C)CCS(=O)(=O)C4)cc32)n1. The molecule has 10 nitrogen and oxygen atoms in total. The normalized spacial score (nSPS) is 18.7. The van der Waals surface area contributed by atoms with Gasteiger partial charge in [0.15, 0.2) is 15.5 Å². The number of esters is 1. The van der Waals surface area contributed by atoms with Crippen molar-refractivity contribution in [2.45, 2.75) is 25.8 Å². The molecule has 1 amide bonds. The van der Waals surface area contributed by atoms with E-state index in [-0.39, 0.29) is 29.8 Å². The van der Waals surface area contributed by atoms with Crippen molar-refractivity contribution >= 4 is 44.2 Å². The molecule has 1 unspecified atom stereocenters. The molecule has 1 N–H and O–H groups in total. The quantitative estimate of drug-likeness (QED) is 0.363. The van der Waals surface area contributed by atoms with Gasteiger partial charge in [0.2, 0.25) is 0 Å². The number of nitrogens with zero attached hydrogens (tertiary/aromatic N) is 3. The van der Waals surface area contributed by atoms with E-state index in [1.165, 1.54) is 10.9 Å². The van der Waals surface area contributed by atoms with Crippen molar-refractivity contribution in [3.05, 3.63) is 65.0 Å². The van der Waals surface area contributed by atoms with Crippen LogP contribution < -0.4 is 5.32 Å². The minimum Gasteiger partial charge on any atom is -0.461 e. The molecule has 1 saturated heterocycles. The van der Waals surface area contributed by atoms with Crippen LogP contribution in [-0.2, 0) is 14.6 Å². The lowest BCUT2D eigenvalue weighted by atomic mass is 10.0. The van der Waals surface area contributed by atoms with Crippen LogP contribution in [0.2, 0.25) is 5.02 Å². The lowest BCUT2D eigenvalue weighted by molar-refractivity contribution is 0.0519. The number of hydrogen-bond donors (Lipinski definition) is 1. The Hall–Kier alpha value is -3.70. The summed E-state index contributed by atoms with van der Waals surface area (Å²) in [5, 5.41) is 8.66.